The molecule has 298 valence electrons. The highest BCUT2D eigenvalue weighted by atomic mass is 35.5. The Morgan fingerprint density at radius 2 is 1.19 bits per heavy atom. The van der Waals surface area contributed by atoms with Gasteiger partial charge in [-0.25, -0.2) is 33.5 Å². The maximum Gasteiger partial charge on any atom is 0.340 e. The fourth-order valence-corrected chi connectivity index (χ4v) is 6.76. The molecule has 6 aromatic rings. The number of alkyl halides is 2. The Morgan fingerprint density at radius 1 is 0.754 bits per heavy atom. The van der Waals surface area contributed by atoms with Crippen LogP contribution in [0.25, 0.3) is 33.9 Å². The van der Waals surface area contributed by atoms with Crippen molar-refractivity contribution in [1.82, 2.24) is 39.5 Å². The van der Waals surface area contributed by atoms with Gasteiger partial charge in [-0.15, -0.1) is 23.2 Å². The molecule has 0 saturated heterocycles. The van der Waals surface area contributed by atoms with Gasteiger partial charge >= 0.3 is 5.97 Å². The third kappa shape index (κ3) is 8.58. The van der Waals surface area contributed by atoms with Crippen LogP contribution in [0.2, 0.25) is 0 Å². The van der Waals surface area contributed by atoms with Gasteiger partial charge in [0.05, 0.1) is 49.2 Å². The molecule has 6 heterocycles. The zero-order valence-corrected chi connectivity index (χ0v) is 33.4. The van der Waals surface area contributed by atoms with E-state index < -0.39 is 5.97 Å². The molecule has 4 aromatic heterocycles. The number of methoxy groups -OCH3 is 1. The van der Waals surface area contributed by atoms with Crippen molar-refractivity contribution in [1.29, 1.82) is 0 Å². The first-order chi connectivity index (χ1) is 27.5. The van der Waals surface area contributed by atoms with Crippen LogP contribution in [0.5, 0.6) is 0 Å². The minimum Gasteiger partial charge on any atom is -0.465 e. The van der Waals surface area contributed by atoms with E-state index in [0.717, 1.165) is 27.9 Å². The number of fused-ring (bicyclic) bond motifs is 6. The van der Waals surface area contributed by atoms with E-state index in [1.807, 2.05) is 27.7 Å². The maximum absolute atomic E-state index is 13.5. The number of nitrogens with zero attached hydrogens (tertiary/aromatic N) is 8. The summed E-state index contributed by atoms with van der Waals surface area (Å²) in [7, 11) is 1.33. The zero-order valence-electron chi connectivity index (χ0n) is 31.8. The van der Waals surface area contributed by atoms with Crippen LogP contribution in [0, 0.1) is 11.6 Å². The van der Waals surface area contributed by atoms with Gasteiger partial charge in [0.15, 0.2) is 23.3 Å². The summed E-state index contributed by atoms with van der Waals surface area (Å²) in [5, 5.41) is 18.9. The van der Waals surface area contributed by atoms with Crippen molar-refractivity contribution < 1.29 is 32.9 Å². The summed E-state index contributed by atoms with van der Waals surface area (Å²) in [5.74, 6) is 1.37. The van der Waals surface area contributed by atoms with Crippen molar-refractivity contribution in [2.45, 2.75) is 72.6 Å². The Hall–Kier alpha value is -5.19. The first-order valence-corrected chi connectivity index (χ1v) is 19.0. The molecule has 0 bridgehead atoms. The summed E-state index contributed by atoms with van der Waals surface area (Å²) in [6.07, 6.45) is 2.92. The number of carbonyl (C=O) groups excluding carboxylic acids is 1. The number of aliphatic hydroxyl groups excluding tert-OH is 1. The molecule has 0 radical (unpaired) electrons. The minimum absolute atomic E-state index is 0.0604. The van der Waals surface area contributed by atoms with Gasteiger partial charge in [-0.1, -0.05) is 52.0 Å². The molecule has 0 spiro atoms. The summed E-state index contributed by atoms with van der Waals surface area (Å²) >= 11 is 9.53. The molecule has 0 saturated carbocycles. The molecule has 0 atom stereocenters. The Kier molecular flexibility index (Phi) is 13.4. The average Bonchev–Trinajstić information content (AvgIpc) is 3.80. The fourth-order valence-electron chi connectivity index (χ4n) is 6.76. The highest BCUT2D eigenvalue weighted by molar-refractivity contribution is 6.40. The zero-order chi connectivity index (χ0) is 40.8. The molecule has 0 aliphatic carbocycles. The van der Waals surface area contributed by atoms with E-state index in [2.05, 4.69) is 20.2 Å². The number of aromatic nitrogens is 8. The van der Waals surface area contributed by atoms with E-state index in [9.17, 15) is 18.7 Å². The highest BCUT2D eigenvalue weighted by Gasteiger charge is 2.31. The Morgan fingerprint density at radius 3 is 1.63 bits per heavy atom. The number of ether oxygens (including phenoxy) is 3. The van der Waals surface area contributed by atoms with Gasteiger partial charge < -0.3 is 19.3 Å². The van der Waals surface area contributed by atoms with Crippen molar-refractivity contribution in [3.63, 3.8) is 0 Å². The van der Waals surface area contributed by atoms with Crippen LogP contribution in [0.1, 0.15) is 89.6 Å². The van der Waals surface area contributed by atoms with Crippen LogP contribution in [0.3, 0.4) is 0 Å². The van der Waals surface area contributed by atoms with Crippen molar-refractivity contribution in [2.24, 2.45) is 0 Å². The smallest absolute Gasteiger partial charge is 0.340 e. The third-order valence-corrected chi connectivity index (χ3v) is 9.21. The molecule has 13 nitrogen and oxygen atoms in total. The number of esters is 1. The van der Waals surface area contributed by atoms with Crippen LogP contribution in [0.4, 0.5) is 8.78 Å². The second-order valence-electron chi connectivity index (χ2n) is 13.4. The van der Waals surface area contributed by atoms with Crippen LogP contribution in [0.15, 0.2) is 61.2 Å². The topological polar surface area (TPSA) is 152 Å². The molecular formula is C40H40Cl2F2N8O5. The van der Waals surface area contributed by atoms with Gasteiger partial charge in [0.25, 0.3) is 0 Å². The molecule has 8 rings (SSSR count). The quantitative estimate of drug-likeness (QED) is 0.129. The maximum atomic E-state index is 13.5. The number of benzene rings is 2. The summed E-state index contributed by atoms with van der Waals surface area (Å²) < 4.78 is 46.9. The molecule has 0 fully saturated rings. The number of aliphatic hydroxyl groups is 1. The third-order valence-electron chi connectivity index (χ3n) is 9.21. The average molecular weight is 822 g/mol. The second kappa shape index (κ2) is 18.4. The molecule has 57 heavy (non-hydrogen) atoms. The molecule has 2 aliphatic heterocycles. The molecule has 17 heteroatoms. The van der Waals surface area contributed by atoms with Gasteiger partial charge in [-0.2, -0.15) is 19.6 Å². The van der Waals surface area contributed by atoms with Gasteiger partial charge in [-0.05, 0) is 52.8 Å². The summed E-state index contributed by atoms with van der Waals surface area (Å²) in [5.41, 5.74) is 6.87. The van der Waals surface area contributed by atoms with Gasteiger partial charge in [0, 0.05) is 22.3 Å². The number of hydrogen-bond donors (Lipinski definition) is 1. The standard InChI is InChI=1S/C20H19FN4O3.C19H19FN4O2.CH2Cl2/c1-11(2)18-17(20(26)27-3)16(12-4-6-13(21)7-5-12)14-8-28-9-15-22-10-23-25(15)19(14)24-18;1-11(2)18-14(7-25)17(12-3-5-13(20)6-4-12)15-8-26-9-16-21-10-22-24(16)19(15)23-18;2-1-3/h4-7,10-11H,8-9H2,1-3H3;3-6,10-11,25H,7-9H2,1-2H3;1H2. The van der Waals surface area contributed by atoms with Crippen LogP contribution < -0.4 is 0 Å². The minimum atomic E-state index is -0.499. The van der Waals surface area contributed by atoms with Crippen molar-refractivity contribution in [3.05, 3.63) is 118 Å². The monoisotopic (exact) mass is 820 g/mol. The Balaban J connectivity index is 0.000000181. The van der Waals surface area contributed by atoms with Gasteiger partial charge in [0.2, 0.25) is 0 Å². The molecule has 0 amide bonds. The lowest BCUT2D eigenvalue weighted by Crippen LogP contribution is -2.17. The van der Waals surface area contributed by atoms with Crippen molar-refractivity contribution in [3.8, 4) is 33.9 Å². The normalized spacial score (nSPS) is 12.8. The predicted octanol–water partition coefficient (Wildman–Crippen LogP) is 7.94. The Labute approximate surface area is 337 Å². The lowest BCUT2D eigenvalue weighted by Gasteiger charge is -2.21. The molecule has 2 aromatic carbocycles. The van der Waals surface area contributed by atoms with E-state index in [-0.39, 0.29) is 48.6 Å². The lowest BCUT2D eigenvalue weighted by molar-refractivity contribution is 0.0598. The lowest BCUT2D eigenvalue weighted by atomic mass is 9.90. The van der Waals surface area contributed by atoms with E-state index in [1.54, 1.807) is 33.6 Å². The first-order valence-electron chi connectivity index (χ1n) is 17.9. The molecule has 0 unspecified atom stereocenters. The molecular weight excluding hydrogens is 781 g/mol. The largest absolute Gasteiger partial charge is 0.465 e. The van der Waals surface area contributed by atoms with Gasteiger partial charge in [0.1, 0.15) is 37.5 Å². The number of hydrogen-bond acceptors (Lipinski definition) is 11. The predicted molar refractivity (Wildman–Crippen MR) is 208 cm³/mol. The Bertz CT molecular complexity index is 2350. The first kappa shape index (κ1) is 41.4. The summed E-state index contributed by atoms with van der Waals surface area (Å²) in [6.45, 7) is 8.90. The van der Waals surface area contributed by atoms with E-state index >= 15 is 0 Å². The number of halogens is 4. The number of carbonyl (C=O) groups is 1. The van der Waals surface area contributed by atoms with E-state index in [0.29, 0.717) is 64.4 Å². The van der Waals surface area contributed by atoms with E-state index in [1.165, 1.54) is 44.0 Å². The van der Waals surface area contributed by atoms with Crippen LogP contribution >= 0.6 is 23.2 Å². The fraction of sp³-hybridized carbons (Fsp3) is 0.325. The number of rotatable bonds is 6. The molecule has 2 aliphatic rings. The van der Waals surface area contributed by atoms with Gasteiger partial charge in [-0.3, -0.25) is 0 Å². The summed E-state index contributed by atoms with van der Waals surface area (Å²) in [4.78, 5) is 30.8. The highest BCUT2D eigenvalue weighted by Crippen LogP contribution is 2.39. The number of pyridine rings is 2. The summed E-state index contributed by atoms with van der Waals surface area (Å²) in [6, 6.07) is 12.2. The SMILES string of the molecule is CC(C)c1nc2c(c(-c3ccc(F)cc3)c1CO)COCc1ncnn1-2.COC(=O)c1c(C(C)C)nc2c(c1-c1ccc(F)cc1)COCc1ncnn1-2.ClCCl. The van der Waals surface area contributed by atoms with Crippen molar-refractivity contribution in [2.75, 3.05) is 12.4 Å². The second-order valence-corrected chi connectivity index (χ2v) is 14.2. The van der Waals surface area contributed by atoms with E-state index in [4.69, 9.17) is 47.4 Å². The van der Waals surface area contributed by atoms with Crippen molar-refractivity contribution >= 4 is 29.2 Å². The molecule has 1 N–H and O–H groups in total. The van der Waals surface area contributed by atoms with Crippen LogP contribution in [-0.2, 0) is 47.2 Å². The van der Waals surface area contributed by atoms with Crippen LogP contribution in [-0.4, -0.2) is 63.0 Å².